The molecule has 2 aromatic carbocycles. The number of hydrogen-bond acceptors (Lipinski definition) is 3. The highest BCUT2D eigenvalue weighted by Gasteiger charge is 2.18. The van der Waals surface area contributed by atoms with E-state index in [0.717, 1.165) is 0 Å². The Morgan fingerprint density at radius 3 is 2.11 bits per heavy atom. The molecule has 1 N–H and O–H groups in total. The van der Waals surface area contributed by atoms with Gasteiger partial charge in [-0.15, -0.1) is 0 Å². The minimum absolute atomic E-state index is 0.0395. The molecule has 0 bridgehead atoms. The molecule has 0 atom stereocenters. The molecule has 3 aromatic rings. The van der Waals surface area contributed by atoms with E-state index in [1.165, 1.54) is 23.4 Å². The first kappa shape index (κ1) is 20.0. The van der Waals surface area contributed by atoms with Crippen LogP contribution in [-0.4, -0.2) is 23.2 Å². The highest BCUT2D eigenvalue weighted by atomic mass is 32.2. The van der Waals surface area contributed by atoms with E-state index in [0.29, 0.717) is 13.0 Å². The third-order valence-electron chi connectivity index (χ3n) is 4.34. The number of pyridine rings is 1. The highest BCUT2D eigenvalue weighted by molar-refractivity contribution is 7.99. The first-order chi connectivity index (χ1) is 13.6. The minimum Gasteiger partial charge on any atom is -0.352 e. The summed E-state index contributed by atoms with van der Waals surface area (Å²) in [4.78, 5) is 16.4. The largest absolute Gasteiger partial charge is 0.352 e. The molecule has 0 aliphatic carbocycles. The second-order valence-electron chi connectivity index (χ2n) is 6.15. The van der Waals surface area contributed by atoms with Gasteiger partial charge in [0, 0.05) is 18.7 Å². The van der Waals surface area contributed by atoms with E-state index >= 15 is 0 Å². The number of alkyl halides is 2. The fourth-order valence-corrected chi connectivity index (χ4v) is 3.64. The van der Waals surface area contributed by atoms with Gasteiger partial charge in [-0.3, -0.25) is 4.79 Å². The minimum atomic E-state index is -2.62. The topological polar surface area (TPSA) is 42.0 Å². The number of aromatic nitrogens is 1. The molecule has 0 aliphatic rings. The fraction of sp³-hybridized carbons (Fsp3) is 0.182. The van der Waals surface area contributed by atoms with Crippen LogP contribution in [0.25, 0.3) is 0 Å². The van der Waals surface area contributed by atoms with Gasteiger partial charge in [0.2, 0.25) is 0 Å². The first-order valence-corrected chi connectivity index (χ1v) is 9.81. The molecular weight excluding hydrogens is 378 g/mol. The lowest BCUT2D eigenvalue weighted by molar-refractivity contribution is 0.0949. The lowest BCUT2D eigenvalue weighted by Gasteiger charge is -2.18. The number of halogens is 2. The van der Waals surface area contributed by atoms with Crippen molar-refractivity contribution in [2.24, 2.45) is 0 Å². The van der Waals surface area contributed by atoms with Crippen LogP contribution in [-0.2, 0) is 0 Å². The molecule has 0 aliphatic heterocycles. The SMILES string of the molecule is O=C(NCCC(c1ccccc1)c1ccccc1)c1cccnc1SC(F)F. The van der Waals surface area contributed by atoms with Gasteiger partial charge in [-0.05, 0) is 41.4 Å². The Hall–Kier alpha value is -2.73. The van der Waals surface area contributed by atoms with E-state index in [4.69, 9.17) is 0 Å². The van der Waals surface area contributed by atoms with Crippen molar-refractivity contribution in [2.45, 2.75) is 23.1 Å². The van der Waals surface area contributed by atoms with Gasteiger partial charge in [0.05, 0.1) is 5.56 Å². The summed E-state index contributed by atoms with van der Waals surface area (Å²) < 4.78 is 25.4. The maximum Gasteiger partial charge on any atom is 0.290 e. The first-order valence-electron chi connectivity index (χ1n) is 8.93. The van der Waals surface area contributed by atoms with Crippen LogP contribution in [0.15, 0.2) is 84.0 Å². The van der Waals surface area contributed by atoms with E-state index in [9.17, 15) is 13.6 Å². The van der Waals surface area contributed by atoms with Crippen molar-refractivity contribution >= 4 is 17.7 Å². The zero-order chi connectivity index (χ0) is 19.8. The van der Waals surface area contributed by atoms with Gasteiger partial charge in [-0.1, -0.05) is 60.7 Å². The summed E-state index contributed by atoms with van der Waals surface area (Å²) in [6.07, 6.45) is 2.10. The number of nitrogens with one attached hydrogen (secondary N) is 1. The Balaban J connectivity index is 1.69. The second-order valence-corrected chi connectivity index (χ2v) is 7.13. The van der Waals surface area contributed by atoms with Crippen molar-refractivity contribution in [2.75, 3.05) is 6.54 Å². The summed E-state index contributed by atoms with van der Waals surface area (Å²) in [5.41, 5.74) is 2.50. The number of carbonyl (C=O) groups excluding carboxylic acids is 1. The number of rotatable bonds is 8. The van der Waals surface area contributed by atoms with Gasteiger partial charge < -0.3 is 5.32 Å². The Morgan fingerprint density at radius 2 is 1.54 bits per heavy atom. The summed E-state index contributed by atoms with van der Waals surface area (Å²) >= 11 is 0.282. The summed E-state index contributed by atoms with van der Waals surface area (Å²) in [7, 11) is 0. The van der Waals surface area contributed by atoms with Crippen molar-refractivity contribution in [1.82, 2.24) is 10.3 Å². The van der Waals surface area contributed by atoms with Crippen molar-refractivity contribution in [3.63, 3.8) is 0 Å². The normalized spacial score (nSPS) is 11.0. The zero-order valence-electron chi connectivity index (χ0n) is 15.1. The zero-order valence-corrected chi connectivity index (χ0v) is 15.9. The van der Waals surface area contributed by atoms with Crippen molar-refractivity contribution < 1.29 is 13.6 Å². The van der Waals surface area contributed by atoms with Gasteiger partial charge in [0.15, 0.2) is 0 Å². The molecule has 0 unspecified atom stereocenters. The summed E-state index contributed by atoms with van der Waals surface area (Å²) in [6.45, 7) is 0.418. The lowest BCUT2D eigenvalue weighted by Crippen LogP contribution is -2.26. The summed E-state index contributed by atoms with van der Waals surface area (Å²) in [6, 6.07) is 23.3. The molecule has 3 nitrogen and oxygen atoms in total. The monoisotopic (exact) mass is 398 g/mol. The molecule has 1 heterocycles. The van der Waals surface area contributed by atoms with Crippen LogP contribution in [0.3, 0.4) is 0 Å². The quantitative estimate of drug-likeness (QED) is 0.520. The maximum atomic E-state index is 12.7. The van der Waals surface area contributed by atoms with Gasteiger partial charge in [0.25, 0.3) is 11.7 Å². The Kier molecular flexibility index (Phi) is 7.14. The van der Waals surface area contributed by atoms with Crippen molar-refractivity contribution in [3.8, 4) is 0 Å². The standard InChI is InChI=1S/C22H20F2N2OS/c23-22(24)28-21-19(12-7-14-26-21)20(27)25-15-13-18(16-8-3-1-4-9-16)17-10-5-2-6-11-17/h1-12,14,18,22H,13,15H2,(H,25,27). The molecule has 6 heteroatoms. The Morgan fingerprint density at radius 1 is 0.929 bits per heavy atom. The number of hydrogen-bond donors (Lipinski definition) is 1. The van der Waals surface area contributed by atoms with Gasteiger partial charge in [0.1, 0.15) is 5.03 Å². The Labute approximate surface area is 167 Å². The molecule has 0 radical (unpaired) electrons. The predicted octanol–water partition coefficient (Wildman–Crippen LogP) is 5.35. The van der Waals surface area contributed by atoms with Crippen LogP contribution in [0.4, 0.5) is 8.78 Å². The summed E-state index contributed by atoms with van der Waals surface area (Å²) in [5, 5.41) is 2.88. The van der Waals surface area contributed by atoms with E-state index in [1.54, 1.807) is 6.07 Å². The van der Waals surface area contributed by atoms with E-state index in [1.807, 2.05) is 36.4 Å². The molecular formula is C22H20F2N2OS. The average molecular weight is 398 g/mol. The van der Waals surface area contributed by atoms with Crippen LogP contribution < -0.4 is 5.32 Å². The van der Waals surface area contributed by atoms with Crippen LogP contribution >= 0.6 is 11.8 Å². The van der Waals surface area contributed by atoms with Crippen LogP contribution in [0.5, 0.6) is 0 Å². The molecule has 3 rings (SSSR count). The third-order valence-corrected chi connectivity index (χ3v) is 5.07. The van der Waals surface area contributed by atoms with Gasteiger partial charge in [-0.2, -0.15) is 8.78 Å². The predicted molar refractivity (Wildman–Crippen MR) is 108 cm³/mol. The maximum absolute atomic E-state index is 12.7. The van der Waals surface area contributed by atoms with Crippen molar-refractivity contribution in [3.05, 3.63) is 95.7 Å². The number of carbonyl (C=O) groups is 1. The molecule has 1 aromatic heterocycles. The van der Waals surface area contributed by atoms with E-state index in [-0.39, 0.29) is 28.3 Å². The fourth-order valence-electron chi connectivity index (χ4n) is 3.06. The lowest BCUT2D eigenvalue weighted by atomic mass is 9.88. The number of benzene rings is 2. The molecule has 0 fully saturated rings. The van der Waals surface area contributed by atoms with Crippen LogP contribution in [0, 0.1) is 0 Å². The van der Waals surface area contributed by atoms with Crippen LogP contribution in [0.1, 0.15) is 33.8 Å². The van der Waals surface area contributed by atoms with E-state index in [2.05, 4.69) is 34.6 Å². The molecule has 0 saturated heterocycles. The van der Waals surface area contributed by atoms with Crippen molar-refractivity contribution in [1.29, 1.82) is 0 Å². The number of thioether (sulfide) groups is 1. The smallest absolute Gasteiger partial charge is 0.290 e. The molecule has 1 amide bonds. The number of nitrogens with zero attached hydrogens (tertiary/aromatic N) is 1. The third kappa shape index (κ3) is 5.39. The van der Waals surface area contributed by atoms with Crippen LogP contribution in [0.2, 0.25) is 0 Å². The van der Waals surface area contributed by atoms with Gasteiger partial charge >= 0.3 is 0 Å². The molecule has 28 heavy (non-hydrogen) atoms. The Bertz CT molecular complexity index is 852. The van der Waals surface area contributed by atoms with E-state index < -0.39 is 11.7 Å². The average Bonchev–Trinajstić information content (AvgIpc) is 2.72. The highest BCUT2D eigenvalue weighted by Crippen LogP contribution is 2.28. The van der Waals surface area contributed by atoms with Gasteiger partial charge in [-0.25, -0.2) is 4.98 Å². The molecule has 144 valence electrons. The molecule has 0 saturated carbocycles. The second kappa shape index (κ2) is 9.99. The summed E-state index contributed by atoms with van der Waals surface area (Å²) in [5.74, 6) is -2.88. The molecule has 0 spiro atoms. The number of amides is 1.